The number of carbonyl (C=O) groups is 1. The van der Waals surface area contributed by atoms with Crippen LogP contribution in [0.4, 0.5) is 10.1 Å². The number of carboxylic acids is 1. The highest BCUT2D eigenvalue weighted by molar-refractivity contribution is 5.88. The summed E-state index contributed by atoms with van der Waals surface area (Å²) < 4.78 is 19.3. The molecule has 0 radical (unpaired) electrons. The molecule has 0 aromatic heterocycles. The van der Waals surface area contributed by atoms with E-state index in [9.17, 15) is 9.18 Å². The van der Waals surface area contributed by atoms with E-state index in [-0.39, 0.29) is 5.56 Å². The van der Waals surface area contributed by atoms with Gasteiger partial charge in [-0.3, -0.25) is 0 Å². The Labute approximate surface area is 122 Å². The predicted octanol–water partition coefficient (Wildman–Crippen LogP) is 3.17. The zero-order chi connectivity index (χ0) is 15.4. The molecule has 1 N–H and O–H groups in total. The molecule has 0 heterocycles. The first kappa shape index (κ1) is 14.8. The number of aromatic carboxylic acids is 1. The van der Waals surface area contributed by atoms with Gasteiger partial charge in [-0.05, 0) is 24.3 Å². The highest BCUT2D eigenvalue weighted by Gasteiger charge is 2.13. The molecular formula is C16H16FNO3. The number of rotatable bonds is 5. The van der Waals surface area contributed by atoms with E-state index < -0.39 is 11.8 Å². The van der Waals surface area contributed by atoms with Crippen molar-refractivity contribution >= 4 is 11.7 Å². The van der Waals surface area contributed by atoms with Crippen LogP contribution < -0.4 is 9.64 Å². The maximum absolute atomic E-state index is 14.0. The summed E-state index contributed by atoms with van der Waals surface area (Å²) in [5, 5.41) is 8.85. The van der Waals surface area contributed by atoms with Gasteiger partial charge in [0, 0.05) is 19.2 Å². The van der Waals surface area contributed by atoms with Gasteiger partial charge in [0.1, 0.15) is 11.6 Å². The number of ether oxygens (including phenoxy) is 1. The van der Waals surface area contributed by atoms with Gasteiger partial charge >= 0.3 is 5.97 Å². The van der Waals surface area contributed by atoms with Crippen molar-refractivity contribution in [3.8, 4) is 5.75 Å². The van der Waals surface area contributed by atoms with Gasteiger partial charge in [0.2, 0.25) is 0 Å². The van der Waals surface area contributed by atoms with E-state index in [0.29, 0.717) is 12.2 Å². The summed E-state index contributed by atoms with van der Waals surface area (Å²) in [6.45, 7) is 0.452. The highest BCUT2D eigenvalue weighted by atomic mass is 19.1. The maximum Gasteiger partial charge on any atom is 0.335 e. The predicted molar refractivity (Wildman–Crippen MR) is 78.5 cm³/mol. The van der Waals surface area contributed by atoms with Gasteiger partial charge in [-0.25, -0.2) is 9.18 Å². The number of methoxy groups -OCH3 is 1. The van der Waals surface area contributed by atoms with E-state index in [2.05, 4.69) is 0 Å². The smallest absolute Gasteiger partial charge is 0.335 e. The molecule has 0 unspecified atom stereocenters. The lowest BCUT2D eigenvalue weighted by atomic mass is 10.1. The van der Waals surface area contributed by atoms with Crippen molar-refractivity contribution in [3.05, 3.63) is 59.4 Å². The molecule has 0 amide bonds. The van der Waals surface area contributed by atoms with Gasteiger partial charge in [-0.15, -0.1) is 0 Å². The fourth-order valence-electron chi connectivity index (χ4n) is 2.12. The minimum atomic E-state index is -1.15. The molecule has 0 spiro atoms. The third kappa shape index (κ3) is 3.31. The van der Waals surface area contributed by atoms with Gasteiger partial charge in [0.25, 0.3) is 0 Å². The van der Waals surface area contributed by atoms with Gasteiger partial charge < -0.3 is 14.7 Å². The third-order valence-electron chi connectivity index (χ3n) is 3.21. The molecule has 0 saturated carbocycles. The van der Waals surface area contributed by atoms with Crippen LogP contribution in [-0.4, -0.2) is 25.2 Å². The number of para-hydroxylation sites is 1. The molecule has 21 heavy (non-hydrogen) atoms. The van der Waals surface area contributed by atoms with Crippen LogP contribution in [-0.2, 0) is 6.54 Å². The lowest BCUT2D eigenvalue weighted by Crippen LogP contribution is -2.18. The molecule has 0 aliphatic carbocycles. The summed E-state index contributed by atoms with van der Waals surface area (Å²) >= 11 is 0. The van der Waals surface area contributed by atoms with Gasteiger partial charge in [0.15, 0.2) is 0 Å². The Kier molecular flexibility index (Phi) is 4.42. The number of hydrogen-bond donors (Lipinski definition) is 1. The van der Waals surface area contributed by atoms with Crippen molar-refractivity contribution < 1.29 is 19.0 Å². The maximum atomic E-state index is 14.0. The zero-order valence-electron chi connectivity index (χ0n) is 11.8. The van der Waals surface area contributed by atoms with Crippen LogP contribution in [0.1, 0.15) is 15.9 Å². The first-order valence-electron chi connectivity index (χ1n) is 6.39. The Morgan fingerprint density at radius 1 is 1.29 bits per heavy atom. The second-order valence-corrected chi connectivity index (χ2v) is 4.64. The quantitative estimate of drug-likeness (QED) is 0.918. The molecule has 0 bridgehead atoms. The van der Waals surface area contributed by atoms with Crippen LogP contribution in [0.25, 0.3) is 0 Å². The van der Waals surface area contributed by atoms with Gasteiger partial charge in [-0.2, -0.15) is 0 Å². The van der Waals surface area contributed by atoms with Crippen molar-refractivity contribution in [1.29, 1.82) is 0 Å². The molecule has 0 fully saturated rings. The lowest BCUT2D eigenvalue weighted by molar-refractivity contribution is 0.0696. The number of benzene rings is 2. The second-order valence-electron chi connectivity index (χ2n) is 4.64. The van der Waals surface area contributed by atoms with Crippen LogP contribution in [0.3, 0.4) is 0 Å². The normalized spacial score (nSPS) is 10.2. The van der Waals surface area contributed by atoms with E-state index in [1.165, 1.54) is 12.1 Å². The van der Waals surface area contributed by atoms with Gasteiger partial charge in [-0.1, -0.05) is 18.2 Å². The molecule has 0 aliphatic heterocycles. The van der Waals surface area contributed by atoms with Crippen molar-refractivity contribution in [1.82, 2.24) is 0 Å². The van der Waals surface area contributed by atoms with Crippen molar-refractivity contribution in [2.24, 2.45) is 0 Å². The molecule has 110 valence electrons. The number of anilines is 1. The Morgan fingerprint density at radius 2 is 2.00 bits per heavy atom. The Balaban J connectivity index is 2.24. The molecule has 0 aliphatic rings. The molecule has 2 rings (SSSR count). The average Bonchev–Trinajstić information content (AvgIpc) is 2.47. The minimum Gasteiger partial charge on any atom is -0.496 e. The topological polar surface area (TPSA) is 49.8 Å². The summed E-state index contributed by atoms with van der Waals surface area (Å²) in [4.78, 5) is 12.5. The number of nitrogens with zero attached hydrogens (tertiary/aromatic N) is 1. The second kappa shape index (κ2) is 6.26. The van der Waals surface area contributed by atoms with Crippen LogP contribution in [0.5, 0.6) is 5.75 Å². The summed E-state index contributed by atoms with van der Waals surface area (Å²) in [6.07, 6.45) is 0. The van der Waals surface area contributed by atoms with Crippen molar-refractivity contribution in [3.63, 3.8) is 0 Å². The molecular weight excluding hydrogens is 273 g/mol. The van der Waals surface area contributed by atoms with Gasteiger partial charge in [0.05, 0.1) is 18.4 Å². The van der Waals surface area contributed by atoms with Crippen LogP contribution in [0.15, 0.2) is 42.5 Å². The van der Waals surface area contributed by atoms with Crippen LogP contribution in [0.2, 0.25) is 0 Å². The van der Waals surface area contributed by atoms with E-state index in [1.807, 2.05) is 24.3 Å². The first-order valence-corrected chi connectivity index (χ1v) is 6.39. The van der Waals surface area contributed by atoms with Crippen LogP contribution in [0, 0.1) is 5.82 Å². The molecule has 0 atom stereocenters. The Hall–Kier alpha value is -2.56. The summed E-state index contributed by atoms with van der Waals surface area (Å²) in [7, 11) is 3.33. The Morgan fingerprint density at radius 3 is 2.62 bits per heavy atom. The molecule has 0 saturated heterocycles. The number of carboxylic acid groups (broad SMARTS) is 1. The largest absolute Gasteiger partial charge is 0.496 e. The summed E-state index contributed by atoms with van der Waals surface area (Å²) in [5.74, 6) is -0.980. The fourth-order valence-corrected chi connectivity index (χ4v) is 2.12. The summed E-state index contributed by atoms with van der Waals surface area (Å²) in [6, 6.07) is 11.4. The van der Waals surface area contributed by atoms with Crippen molar-refractivity contribution in [2.75, 3.05) is 19.1 Å². The van der Waals surface area contributed by atoms with E-state index >= 15 is 0 Å². The lowest BCUT2D eigenvalue weighted by Gasteiger charge is -2.21. The Bertz CT molecular complexity index is 658. The fraction of sp³-hybridized carbons (Fsp3) is 0.188. The number of halogens is 1. The summed E-state index contributed by atoms with van der Waals surface area (Å²) in [5.41, 5.74) is 1.19. The van der Waals surface area contributed by atoms with Crippen molar-refractivity contribution in [2.45, 2.75) is 6.54 Å². The van der Waals surface area contributed by atoms with Crippen LogP contribution >= 0.6 is 0 Å². The molecule has 5 heteroatoms. The number of hydrogen-bond acceptors (Lipinski definition) is 3. The van der Waals surface area contributed by atoms with E-state index in [1.54, 1.807) is 19.1 Å². The first-order chi connectivity index (χ1) is 10.0. The highest BCUT2D eigenvalue weighted by Crippen LogP contribution is 2.24. The third-order valence-corrected chi connectivity index (χ3v) is 3.21. The monoisotopic (exact) mass is 289 g/mol. The minimum absolute atomic E-state index is 0.0676. The average molecular weight is 289 g/mol. The van der Waals surface area contributed by atoms with E-state index in [0.717, 1.165) is 17.4 Å². The SMILES string of the molecule is COc1ccccc1CN(C)c1ccc(C(=O)O)cc1F. The molecule has 2 aromatic rings. The zero-order valence-corrected chi connectivity index (χ0v) is 11.8. The standard InChI is InChI=1S/C16H16FNO3/c1-18(10-12-5-3-4-6-15(12)21-2)14-8-7-11(16(19)20)9-13(14)17/h3-9H,10H2,1-2H3,(H,19,20). The molecule has 4 nitrogen and oxygen atoms in total. The van der Waals surface area contributed by atoms with E-state index in [4.69, 9.17) is 9.84 Å². The molecule has 2 aromatic carbocycles.